The van der Waals surface area contributed by atoms with Crippen LogP contribution < -0.4 is 5.73 Å². The maximum Gasteiger partial charge on any atom is 0.244 e. The third kappa shape index (κ3) is 2.13. The molecule has 0 aliphatic carbocycles. The van der Waals surface area contributed by atoms with E-state index in [1.165, 1.54) is 12.1 Å². The Labute approximate surface area is 112 Å². The molecule has 2 bridgehead atoms. The zero-order valence-corrected chi connectivity index (χ0v) is 10.9. The summed E-state index contributed by atoms with van der Waals surface area (Å²) in [4.78, 5) is 16.6. The molecule has 3 aliphatic heterocycles. The zero-order valence-electron chi connectivity index (χ0n) is 10.9. The van der Waals surface area contributed by atoms with Crippen LogP contribution in [0, 0.1) is 5.82 Å². The van der Waals surface area contributed by atoms with Gasteiger partial charge in [0, 0.05) is 25.2 Å². The Hall–Kier alpha value is -1.46. The number of hydrogen-bond acceptors (Lipinski definition) is 3. The molecule has 3 saturated heterocycles. The van der Waals surface area contributed by atoms with E-state index in [4.69, 9.17) is 5.73 Å². The molecule has 2 N–H and O–H groups in total. The lowest BCUT2D eigenvalue weighted by Crippen LogP contribution is -2.70. The predicted molar refractivity (Wildman–Crippen MR) is 69.9 cm³/mol. The van der Waals surface area contributed by atoms with E-state index >= 15 is 0 Å². The van der Waals surface area contributed by atoms with Gasteiger partial charge in [0.2, 0.25) is 5.91 Å². The highest BCUT2D eigenvalue weighted by atomic mass is 19.1. The van der Waals surface area contributed by atoms with Gasteiger partial charge in [-0.3, -0.25) is 4.79 Å². The summed E-state index contributed by atoms with van der Waals surface area (Å²) in [6, 6.07) is 5.75. The summed E-state index contributed by atoms with van der Waals surface area (Å²) >= 11 is 0. The van der Waals surface area contributed by atoms with Crippen molar-refractivity contribution >= 4 is 5.91 Å². The summed E-state index contributed by atoms with van der Waals surface area (Å²) in [5.74, 6) is -0.355. The van der Waals surface area contributed by atoms with E-state index in [-0.39, 0.29) is 11.7 Å². The Morgan fingerprint density at radius 3 is 2.47 bits per heavy atom. The van der Waals surface area contributed by atoms with E-state index in [1.807, 2.05) is 4.90 Å². The lowest BCUT2D eigenvalue weighted by molar-refractivity contribution is -0.154. The molecule has 3 unspecified atom stereocenters. The number of piperazine rings is 1. The molecule has 3 atom stereocenters. The molecule has 1 amide bonds. The van der Waals surface area contributed by atoms with E-state index in [1.54, 1.807) is 12.1 Å². The standard InChI is InChI=1S/C14H18FN3O/c1-17-7-11-6-12(8-17)18(11)14(19)13(16)9-2-4-10(15)5-3-9/h2-5,11-13H,6-8,16H2,1H3. The second-order valence-electron chi connectivity index (χ2n) is 5.54. The molecule has 0 saturated carbocycles. The van der Waals surface area contributed by atoms with Gasteiger partial charge in [0.05, 0.1) is 0 Å². The molecule has 0 spiro atoms. The maximum atomic E-state index is 12.9. The highest BCUT2D eigenvalue weighted by Crippen LogP contribution is 2.33. The van der Waals surface area contributed by atoms with Crippen LogP contribution in [0.5, 0.6) is 0 Å². The Morgan fingerprint density at radius 2 is 1.89 bits per heavy atom. The molecule has 1 aromatic carbocycles. The Balaban J connectivity index is 1.72. The number of hydrogen-bond donors (Lipinski definition) is 1. The summed E-state index contributed by atoms with van der Waals surface area (Å²) in [5, 5.41) is 0. The second-order valence-corrected chi connectivity index (χ2v) is 5.54. The number of halogens is 1. The number of carbonyl (C=O) groups is 1. The van der Waals surface area contributed by atoms with Gasteiger partial charge < -0.3 is 15.5 Å². The van der Waals surface area contributed by atoms with Crippen LogP contribution in [0.15, 0.2) is 24.3 Å². The van der Waals surface area contributed by atoms with Crippen molar-refractivity contribution in [1.82, 2.24) is 9.80 Å². The number of piperidine rings is 1. The monoisotopic (exact) mass is 263 g/mol. The Kier molecular flexibility index (Phi) is 3.03. The van der Waals surface area contributed by atoms with Crippen molar-refractivity contribution in [3.05, 3.63) is 35.6 Å². The van der Waals surface area contributed by atoms with E-state index in [2.05, 4.69) is 11.9 Å². The zero-order chi connectivity index (χ0) is 13.6. The molecule has 1 aromatic rings. The third-order valence-corrected chi connectivity index (χ3v) is 4.13. The summed E-state index contributed by atoms with van der Waals surface area (Å²) < 4.78 is 12.9. The number of carbonyl (C=O) groups excluding carboxylic acids is 1. The van der Waals surface area contributed by atoms with Crippen LogP contribution in [0.4, 0.5) is 4.39 Å². The number of nitrogens with zero attached hydrogens (tertiary/aromatic N) is 2. The van der Waals surface area contributed by atoms with Gasteiger partial charge in [0.15, 0.2) is 0 Å². The molecule has 19 heavy (non-hydrogen) atoms. The van der Waals surface area contributed by atoms with Gasteiger partial charge >= 0.3 is 0 Å². The maximum absolute atomic E-state index is 12.9. The summed E-state index contributed by atoms with van der Waals surface area (Å²) in [6.45, 7) is 1.83. The average Bonchev–Trinajstić information content (AvgIpc) is 2.38. The first kappa shape index (κ1) is 12.6. The predicted octanol–water partition coefficient (Wildman–Crippen LogP) is 0.740. The normalized spacial score (nSPS) is 27.8. The van der Waals surface area contributed by atoms with Crippen LogP contribution >= 0.6 is 0 Å². The van der Waals surface area contributed by atoms with Gasteiger partial charge in [-0.05, 0) is 31.2 Å². The largest absolute Gasteiger partial charge is 0.332 e. The average molecular weight is 263 g/mol. The molecule has 3 fully saturated rings. The van der Waals surface area contributed by atoms with Crippen molar-refractivity contribution in [3.8, 4) is 0 Å². The topological polar surface area (TPSA) is 49.6 Å². The van der Waals surface area contributed by atoms with Crippen LogP contribution in [0.2, 0.25) is 0 Å². The van der Waals surface area contributed by atoms with Crippen molar-refractivity contribution in [2.75, 3.05) is 20.1 Å². The number of rotatable bonds is 2. The van der Waals surface area contributed by atoms with E-state index in [0.29, 0.717) is 17.6 Å². The third-order valence-electron chi connectivity index (χ3n) is 4.13. The van der Waals surface area contributed by atoms with Crippen molar-refractivity contribution in [2.24, 2.45) is 5.73 Å². The number of fused-ring (bicyclic) bond motifs is 2. The number of nitrogens with two attached hydrogens (primary N) is 1. The minimum absolute atomic E-state index is 0.0408. The second kappa shape index (κ2) is 4.58. The van der Waals surface area contributed by atoms with Gasteiger partial charge in [-0.15, -0.1) is 0 Å². The smallest absolute Gasteiger partial charge is 0.244 e. The van der Waals surface area contributed by atoms with Gasteiger partial charge in [-0.1, -0.05) is 12.1 Å². The van der Waals surface area contributed by atoms with Gasteiger partial charge in [0.25, 0.3) is 0 Å². The first-order valence-electron chi connectivity index (χ1n) is 6.58. The summed E-state index contributed by atoms with van der Waals surface area (Å²) in [6.07, 6.45) is 1.08. The molecule has 4 nitrogen and oxygen atoms in total. The number of benzene rings is 1. The Bertz CT molecular complexity index is 478. The first-order valence-corrected chi connectivity index (χ1v) is 6.58. The lowest BCUT2D eigenvalue weighted by atomic mass is 9.86. The van der Waals surface area contributed by atoms with Gasteiger partial charge in [0.1, 0.15) is 11.9 Å². The molecule has 3 heterocycles. The van der Waals surface area contributed by atoms with Crippen LogP contribution in [-0.2, 0) is 4.79 Å². The van der Waals surface area contributed by atoms with Crippen LogP contribution in [-0.4, -0.2) is 47.9 Å². The van der Waals surface area contributed by atoms with Crippen molar-refractivity contribution < 1.29 is 9.18 Å². The molecule has 3 aliphatic rings. The minimum atomic E-state index is -0.686. The fourth-order valence-electron chi connectivity index (χ4n) is 3.15. The summed E-state index contributed by atoms with van der Waals surface area (Å²) in [5.41, 5.74) is 6.68. The number of amides is 1. The quantitative estimate of drug-likeness (QED) is 0.856. The minimum Gasteiger partial charge on any atom is -0.332 e. The van der Waals surface area contributed by atoms with E-state index < -0.39 is 6.04 Å². The van der Waals surface area contributed by atoms with Crippen molar-refractivity contribution in [3.63, 3.8) is 0 Å². The molecular weight excluding hydrogens is 245 g/mol. The van der Waals surface area contributed by atoms with Crippen molar-refractivity contribution in [2.45, 2.75) is 24.5 Å². The molecule has 102 valence electrons. The molecule has 4 rings (SSSR count). The highest BCUT2D eigenvalue weighted by molar-refractivity contribution is 5.84. The Morgan fingerprint density at radius 1 is 1.32 bits per heavy atom. The fourth-order valence-corrected chi connectivity index (χ4v) is 3.15. The molecular formula is C14H18FN3O. The van der Waals surface area contributed by atoms with Gasteiger partial charge in [-0.25, -0.2) is 4.39 Å². The van der Waals surface area contributed by atoms with Crippen LogP contribution in [0.1, 0.15) is 18.0 Å². The van der Waals surface area contributed by atoms with E-state index in [9.17, 15) is 9.18 Å². The first-order chi connectivity index (χ1) is 9.06. The SMILES string of the molecule is CN1CC2CC(C1)N2C(=O)C(N)c1ccc(F)cc1. The van der Waals surface area contributed by atoms with Crippen LogP contribution in [0.3, 0.4) is 0 Å². The summed E-state index contributed by atoms with van der Waals surface area (Å²) in [7, 11) is 2.07. The van der Waals surface area contributed by atoms with Crippen molar-refractivity contribution in [1.29, 1.82) is 0 Å². The molecule has 0 aromatic heterocycles. The van der Waals surface area contributed by atoms with Crippen LogP contribution in [0.25, 0.3) is 0 Å². The number of likely N-dealkylation sites (N-methyl/N-ethyl adjacent to an activating group) is 1. The fraction of sp³-hybridized carbons (Fsp3) is 0.500. The van der Waals surface area contributed by atoms with Gasteiger partial charge in [-0.2, -0.15) is 0 Å². The molecule has 5 heteroatoms. The van der Waals surface area contributed by atoms with E-state index in [0.717, 1.165) is 19.5 Å². The lowest BCUT2D eigenvalue weighted by Gasteiger charge is -2.56. The molecule has 0 radical (unpaired) electrons. The highest BCUT2D eigenvalue weighted by Gasteiger charge is 2.47.